The van der Waals surface area contributed by atoms with E-state index in [2.05, 4.69) is 29.1 Å². The number of hydrogen-bond donors (Lipinski definition) is 1. The van der Waals surface area contributed by atoms with Crippen molar-refractivity contribution in [2.45, 2.75) is 33.4 Å². The van der Waals surface area contributed by atoms with Crippen molar-refractivity contribution in [3.8, 4) is 17.1 Å². The molecular weight excluding hydrogens is 250 g/mol. The molecule has 1 heterocycles. The van der Waals surface area contributed by atoms with Crippen LogP contribution >= 0.6 is 0 Å². The second kappa shape index (κ2) is 6.48. The number of aromatic nitrogens is 2. The van der Waals surface area contributed by atoms with Gasteiger partial charge in [-0.1, -0.05) is 26.0 Å². The van der Waals surface area contributed by atoms with Crippen LogP contribution in [0.15, 0.2) is 30.3 Å². The number of nitrogens with one attached hydrogen (secondary N) is 1. The molecule has 0 atom stereocenters. The van der Waals surface area contributed by atoms with Gasteiger partial charge in [0, 0.05) is 23.8 Å². The van der Waals surface area contributed by atoms with E-state index in [1.807, 2.05) is 37.3 Å². The highest BCUT2D eigenvalue weighted by atomic mass is 16.5. The highest BCUT2D eigenvalue weighted by Crippen LogP contribution is 2.21. The lowest BCUT2D eigenvalue weighted by Crippen LogP contribution is -2.22. The van der Waals surface area contributed by atoms with Crippen LogP contribution in [0.1, 0.15) is 25.2 Å². The van der Waals surface area contributed by atoms with Gasteiger partial charge in [-0.15, -0.1) is 0 Å². The van der Waals surface area contributed by atoms with E-state index < -0.39 is 0 Å². The predicted molar refractivity (Wildman–Crippen MR) is 80.7 cm³/mol. The maximum atomic E-state index is 5.25. The summed E-state index contributed by atoms with van der Waals surface area (Å²) >= 11 is 0. The van der Waals surface area contributed by atoms with E-state index in [1.54, 1.807) is 7.11 Å². The molecule has 0 aliphatic rings. The third-order valence-electron chi connectivity index (χ3n) is 2.93. The van der Waals surface area contributed by atoms with Gasteiger partial charge in [0.05, 0.1) is 12.8 Å². The fourth-order valence-electron chi connectivity index (χ4n) is 1.92. The summed E-state index contributed by atoms with van der Waals surface area (Å²) < 4.78 is 5.25. The first-order valence-electron chi connectivity index (χ1n) is 6.81. The highest BCUT2D eigenvalue weighted by molar-refractivity contribution is 5.57. The van der Waals surface area contributed by atoms with Crippen molar-refractivity contribution < 1.29 is 4.74 Å². The zero-order chi connectivity index (χ0) is 14.5. The molecule has 0 unspecified atom stereocenters. The molecular formula is C16H21N3O. The maximum absolute atomic E-state index is 5.25. The molecule has 2 aromatic rings. The molecule has 0 saturated heterocycles. The molecule has 0 aliphatic carbocycles. The number of methoxy groups -OCH3 is 1. The van der Waals surface area contributed by atoms with Crippen molar-refractivity contribution in [3.63, 3.8) is 0 Å². The first-order valence-corrected chi connectivity index (χ1v) is 6.81. The average molecular weight is 271 g/mol. The number of aryl methyl sites for hydroxylation is 1. The molecule has 1 aromatic carbocycles. The van der Waals surface area contributed by atoms with Gasteiger partial charge >= 0.3 is 0 Å². The van der Waals surface area contributed by atoms with Gasteiger partial charge in [-0.05, 0) is 25.1 Å². The zero-order valence-electron chi connectivity index (χ0n) is 12.5. The van der Waals surface area contributed by atoms with E-state index in [9.17, 15) is 0 Å². The van der Waals surface area contributed by atoms with Gasteiger partial charge in [0.25, 0.3) is 0 Å². The molecule has 4 heteroatoms. The Morgan fingerprint density at radius 2 is 2.00 bits per heavy atom. The summed E-state index contributed by atoms with van der Waals surface area (Å²) in [7, 11) is 1.66. The van der Waals surface area contributed by atoms with Crippen molar-refractivity contribution in [3.05, 3.63) is 41.7 Å². The molecule has 2 rings (SSSR count). The average Bonchev–Trinajstić information content (AvgIpc) is 2.44. The Hall–Kier alpha value is -1.94. The fourth-order valence-corrected chi connectivity index (χ4v) is 1.92. The molecule has 0 bridgehead atoms. The zero-order valence-corrected chi connectivity index (χ0v) is 12.5. The lowest BCUT2D eigenvalue weighted by molar-refractivity contribution is 0.415. The highest BCUT2D eigenvalue weighted by Gasteiger charge is 2.06. The van der Waals surface area contributed by atoms with Gasteiger partial charge in [0.1, 0.15) is 5.75 Å². The molecule has 4 nitrogen and oxygen atoms in total. The van der Waals surface area contributed by atoms with Crippen molar-refractivity contribution in [1.82, 2.24) is 15.3 Å². The third-order valence-corrected chi connectivity index (χ3v) is 2.93. The lowest BCUT2D eigenvalue weighted by Gasteiger charge is -2.10. The lowest BCUT2D eigenvalue weighted by atomic mass is 10.2. The first-order chi connectivity index (χ1) is 9.58. The van der Waals surface area contributed by atoms with Crippen LogP contribution in [0.2, 0.25) is 0 Å². The minimum absolute atomic E-state index is 0.436. The summed E-state index contributed by atoms with van der Waals surface area (Å²) in [6.45, 7) is 6.98. The van der Waals surface area contributed by atoms with Crippen molar-refractivity contribution in [2.24, 2.45) is 0 Å². The number of hydrogen-bond acceptors (Lipinski definition) is 4. The van der Waals surface area contributed by atoms with Gasteiger partial charge < -0.3 is 10.1 Å². The number of rotatable bonds is 5. The standard InChI is InChI=1S/C16H21N3O/c1-11(2)17-10-14-8-12(3)18-16(19-14)13-6-5-7-15(9-13)20-4/h5-9,11,17H,10H2,1-4H3. The van der Waals surface area contributed by atoms with Gasteiger partial charge in [0.15, 0.2) is 5.82 Å². The van der Waals surface area contributed by atoms with Crippen LogP contribution in [0.4, 0.5) is 0 Å². The summed E-state index contributed by atoms with van der Waals surface area (Å²) in [6.07, 6.45) is 0. The van der Waals surface area contributed by atoms with E-state index >= 15 is 0 Å². The van der Waals surface area contributed by atoms with Crippen LogP contribution in [0.5, 0.6) is 5.75 Å². The minimum Gasteiger partial charge on any atom is -0.497 e. The SMILES string of the molecule is COc1cccc(-c2nc(C)cc(CNC(C)C)n2)c1. The molecule has 0 aliphatic heterocycles. The minimum atomic E-state index is 0.436. The Morgan fingerprint density at radius 1 is 1.20 bits per heavy atom. The van der Waals surface area contributed by atoms with E-state index in [4.69, 9.17) is 4.74 Å². The first kappa shape index (κ1) is 14.5. The summed E-state index contributed by atoms with van der Waals surface area (Å²) in [5.74, 6) is 1.55. The van der Waals surface area contributed by atoms with Gasteiger partial charge in [-0.3, -0.25) is 0 Å². The second-order valence-corrected chi connectivity index (χ2v) is 5.09. The van der Waals surface area contributed by atoms with E-state index in [-0.39, 0.29) is 0 Å². The topological polar surface area (TPSA) is 47.0 Å². The molecule has 1 aromatic heterocycles. The van der Waals surface area contributed by atoms with Crippen molar-refractivity contribution in [2.75, 3.05) is 7.11 Å². The molecule has 0 radical (unpaired) electrons. The number of nitrogens with zero attached hydrogens (tertiary/aromatic N) is 2. The van der Waals surface area contributed by atoms with Crippen molar-refractivity contribution >= 4 is 0 Å². The number of benzene rings is 1. The van der Waals surface area contributed by atoms with Crippen LogP contribution in [-0.4, -0.2) is 23.1 Å². The molecule has 1 N–H and O–H groups in total. The normalized spacial score (nSPS) is 10.8. The molecule has 0 spiro atoms. The van der Waals surface area contributed by atoms with E-state index in [0.717, 1.165) is 35.1 Å². The van der Waals surface area contributed by atoms with Crippen LogP contribution < -0.4 is 10.1 Å². The third kappa shape index (κ3) is 3.78. The summed E-state index contributed by atoms with van der Waals surface area (Å²) in [5.41, 5.74) is 2.95. The summed E-state index contributed by atoms with van der Waals surface area (Å²) in [5, 5.41) is 3.38. The fraction of sp³-hybridized carbons (Fsp3) is 0.375. The molecule has 106 valence electrons. The van der Waals surface area contributed by atoms with Crippen LogP contribution in [-0.2, 0) is 6.54 Å². The van der Waals surface area contributed by atoms with Gasteiger partial charge in [-0.25, -0.2) is 9.97 Å². The molecule has 0 fully saturated rings. The second-order valence-electron chi connectivity index (χ2n) is 5.09. The Bertz CT molecular complexity index is 582. The van der Waals surface area contributed by atoms with Gasteiger partial charge in [0.2, 0.25) is 0 Å². The predicted octanol–water partition coefficient (Wildman–Crippen LogP) is 2.96. The Labute approximate surface area is 120 Å². The van der Waals surface area contributed by atoms with E-state index in [0.29, 0.717) is 6.04 Å². The van der Waals surface area contributed by atoms with Crippen LogP contribution in [0.25, 0.3) is 11.4 Å². The Kier molecular flexibility index (Phi) is 4.69. The molecule has 0 saturated carbocycles. The molecule has 20 heavy (non-hydrogen) atoms. The monoisotopic (exact) mass is 271 g/mol. The van der Waals surface area contributed by atoms with Crippen molar-refractivity contribution in [1.29, 1.82) is 0 Å². The molecule has 0 amide bonds. The van der Waals surface area contributed by atoms with Crippen LogP contribution in [0.3, 0.4) is 0 Å². The Morgan fingerprint density at radius 3 is 2.70 bits per heavy atom. The number of ether oxygens (including phenoxy) is 1. The maximum Gasteiger partial charge on any atom is 0.159 e. The summed E-state index contributed by atoms with van der Waals surface area (Å²) in [6, 6.07) is 10.3. The van der Waals surface area contributed by atoms with E-state index in [1.165, 1.54) is 0 Å². The van der Waals surface area contributed by atoms with Gasteiger partial charge in [-0.2, -0.15) is 0 Å². The largest absolute Gasteiger partial charge is 0.497 e. The smallest absolute Gasteiger partial charge is 0.159 e. The van der Waals surface area contributed by atoms with Crippen LogP contribution in [0, 0.1) is 6.92 Å². The Balaban J connectivity index is 2.31. The quantitative estimate of drug-likeness (QED) is 0.908. The summed E-state index contributed by atoms with van der Waals surface area (Å²) in [4.78, 5) is 9.13.